The van der Waals surface area contributed by atoms with Crippen LogP contribution in [0.4, 0.5) is 0 Å². The molecule has 1 unspecified atom stereocenters. The second kappa shape index (κ2) is 6.76. The second-order valence-corrected chi connectivity index (χ2v) is 6.02. The molecule has 0 saturated carbocycles. The zero-order chi connectivity index (χ0) is 15.4. The van der Waals surface area contributed by atoms with Gasteiger partial charge < -0.3 is 15.2 Å². The molecule has 0 radical (unpaired) electrons. The molecule has 1 heterocycles. The molecule has 21 heavy (non-hydrogen) atoms. The van der Waals surface area contributed by atoms with E-state index in [0.717, 1.165) is 6.54 Å². The molecule has 1 amide bonds. The molecule has 1 atom stereocenters. The lowest BCUT2D eigenvalue weighted by atomic mass is 10.1. The van der Waals surface area contributed by atoms with Crippen molar-refractivity contribution in [2.75, 3.05) is 6.54 Å². The van der Waals surface area contributed by atoms with Crippen LogP contribution in [0.2, 0.25) is 0 Å². The highest BCUT2D eigenvalue weighted by Gasteiger charge is 2.13. The summed E-state index contributed by atoms with van der Waals surface area (Å²) in [6.07, 6.45) is 2.12. The number of carbonyl (C=O) groups excluding carboxylic acids is 1. The fourth-order valence-electron chi connectivity index (χ4n) is 2.38. The molecule has 0 saturated heterocycles. The van der Waals surface area contributed by atoms with E-state index in [4.69, 9.17) is 0 Å². The maximum absolute atomic E-state index is 12.0. The molecule has 0 bridgehead atoms. The third-order valence-corrected chi connectivity index (χ3v) is 3.66. The lowest BCUT2D eigenvalue weighted by Crippen LogP contribution is -2.42. The molecular formula is C17H25N3O. The molecule has 2 rings (SSSR count). The third-order valence-electron chi connectivity index (χ3n) is 3.66. The Labute approximate surface area is 126 Å². The van der Waals surface area contributed by atoms with E-state index in [9.17, 15) is 4.79 Å². The van der Waals surface area contributed by atoms with Gasteiger partial charge in [-0.2, -0.15) is 0 Å². The molecule has 0 aliphatic heterocycles. The number of aromatic nitrogens is 1. The summed E-state index contributed by atoms with van der Waals surface area (Å²) in [6.45, 7) is 7.50. The average molecular weight is 287 g/mol. The Balaban J connectivity index is 1.97. The van der Waals surface area contributed by atoms with Gasteiger partial charge in [-0.1, -0.05) is 32.0 Å². The molecule has 0 aliphatic rings. The standard InChI is InChI=1S/C17H25N3O/c1-12(2)9-19-17(21)13(3)18-10-14-11-20(4)16-8-6-5-7-15(14)16/h5-8,11-13,18H,9-10H2,1-4H3,(H,19,21). The Kier molecular flexibility index (Phi) is 5.02. The monoisotopic (exact) mass is 287 g/mol. The van der Waals surface area contributed by atoms with Gasteiger partial charge in [0.15, 0.2) is 0 Å². The second-order valence-electron chi connectivity index (χ2n) is 6.02. The fraction of sp³-hybridized carbons (Fsp3) is 0.471. The molecule has 0 fully saturated rings. The van der Waals surface area contributed by atoms with Crippen LogP contribution in [0.15, 0.2) is 30.5 Å². The van der Waals surface area contributed by atoms with Gasteiger partial charge in [0.25, 0.3) is 0 Å². The van der Waals surface area contributed by atoms with Crippen LogP contribution in [-0.4, -0.2) is 23.1 Å². The number of rotatable bonds is 6. The van der Waals surface area contributed by atoms with Gasteiger partial charge in [0.05, 0.1) is 6.04 Å². The van der Waals surface area contributed by atoms with Crippen LogP contribution >= 0.6 is 0 Å². The van der Waals surface area contributed by atoms with E-state index in [0.29, 0.717) is 12.5 Å². The zero-order valence-electron chi connectivity index (χ0n) is 13.3. The van der Waals surface area contributed by atoms with E-state index < -0.39 is 0 Å². The summed E-state index contributed by atoms with van der Waals surface area (Å²) < 4.78 is 2.12. The number of carbonyl (C=O) groups is 1. The van der Waals surface area contributed by atoms with Gasteiger partial charge in [0.1, 0.15) is 0 Å². The predicted molar refractivity (Wildman–Crippen MR) is 87.1 cm³/mol. The highest BCUT2D eigenvalue weighted by molar-refractivity contribution is 5.84. The van der Waals surface area contributed by atoms with E-state index in [-0.39, 0.29) is 11.9 Å². The molecule has 1 aromatic heterocycles. The molecule has 114 valence electrons. The molecule has 2 N–H and O–H groups in total. The van der Waals surface area contributed by atoms with E-state index in [1.165, 1.54) is 16.5 Å². The number of aryl methyl sites for hydroxylation is 1. The van der Waals surface area contributed by atoms with Crippen LogP contribution in [0.3, 0.4) is 0 Å². The minimum absolute atomic E-state index is 0.0592. The normalized spacial score (nSPS) is 12.8. The largest absolute Gasteiger partial charge is 0.354 e. The Bertz CT molecular complexity index is 616. The molecule has 0 aliphatic carbocycles. The molecule has 0 spiro atoms. The van der Waals surface area contributed by atoms with Gasteiger partial charge in [0, 0.05) is 37.2 Å². The fourth-order valence-corrected chi connectivity index (χ4v) is 2.38. The Morgan fingerprint density at radius 2 is 1.95 bits per heavy atom. The quantitative estimate of drug-likeness (QED) is 0.857. The zero-order valence-corrected chi connectivity index (χ0v) is 13.3. The first-order chi connectivity index (χ1) is 9.99. The highest BCUT2D eigenvalue weighted by Crippen LogP contribution is 2.20. The number of nitrogens with zero attached hydrogens (tertiary/aromatic N) is 1. The number of fused-ring (bicyclic) bond motifs is 1. The summed E-state index contributed by atoms with van der Waals surface area (Å²) in [4.78, 5) is 12.0. The van der Waals surface area contributed by atoms with E-state index in [2.05, 4.69) is 47.4 Å². The van der Waals surface area contributed by atoms with Gasteiger partial charge in [-0.3, -0.25) is 4.79 Å². The van der Waals surface area contributed by atoms with Crippen molar-refractivity contribution in [3.8, 4) is 0 Å². The molecular weight excluding hydrogens is 262 g/mol. The Morgan fingerprint density at radius 1 is 1.24 bits per heavy atom. The maximum Gasteiger partial charge on any atom is 0.236 e. The Morgan fingerprint density at radius 3 is 2.67 bits per heavy atom. The topological polar surface area (TPSA) is 46.1 Å². The minimum atomic E-state index is -0.192. The lowest BCUT2D eigenvalue weighted by molar-refractivity contribution is -0.122. The van der Waals surface area contributed by atoms with Crippen molar-refractivity contribution in [1.82, 2.24) is 15.2 Å². The van der Waals surface area contributed by atoms with Crippen molar-refractivity contribution in [2.45, 2.75) is 33.4 Å². The Hall–Kier alpha value is -1.81. The SMILES string of the molecule is CC(C)CNC(=O)C(C)NCc1cn(C)c2ccccc12. The number of para-hydroxylation sites is 1. The van der Waals surface area contributed by atoms with Gasteiger partial charge >= 0.3 is 0 Å². The minimum Gasteiger partial charge on any atom is -0.354 e. The summed E-state index contributed by atoms with van der Waals surface area (Å²) >= 11 is 0. The molecule has 4 nitrogen and oxygen atoms in total. The van der Waals surface area contributed by atoms with Crippen LogP contribution < -0.4 is 10.6 Å². The number of amides is 1. The summed E-state index contributed by atoms with van der Waals surface area (Å²) in [5, 5.41) is 7.49. The smallest absolute Gasteiger partial charge is 0.236 e. The third kappa shape index (κ3) is 3.85. The van der Waals surface area contributed by atoms with Crippen molar-refractivity contribution in [3.63, 3.8) is 0 Å². The van der Waals surface area contributed by atoms with E-state index in [1.54, 1.807) is 0 Å². The highest BCUT2D eigenvalue weighted by atomic mass is 16.2. The number of hydrogen-bond acceptors (Lipinski definition) is 2. The van der Waals surface area contributed by atoms with Crippen LogP contribution in [0.5, 0.6) is 0 Å². The summed E-state index contributed by atoms with van der Waals surface area (Å²) in [5.41, 5.74) is 2.43. The van der Waals surface area contributed by atoms with Gasteiger partial charge in [-0.15, -0.1) is 0 Å². The number of benzene rings is 1. The number of hydrogen-bond donors (Lipinski definition) is 2. The van der Waals surface area contributed by atoms with Crippen molar-refractivity contribution in [3.05, 3.63) is 36.0 Å². The maximum atomic E-state index is 12.0. The van der Waals surface area contributed by atoms with Crippen LogP contribution in [-0.2, 0) is 18.4 Å². The van der Waals surface area contributed by atoms with Crippen molar-refractivity contribution in [2.24, 2.45) is 13.0 Å². The predicted octanol–water partition coefficient (Wildman–Crippen LogP) is 2.43. The summed E-state index contributed by atoms with van der Waals surface area (Å²) in [5.74, 6) is 0.531. The van der Waals surface area contributed by atoms with Crippen LogP contribution in [0, 0.1) is 5.92 Å². The average Bonchev–Trinajstić information content (AvgIpc) is 2.79. The molecule has 4 heteroatoms. The van der Waals surface area contributed by atoms with Gasteiger partial charge in [-0.25, -0.2) is 0 Å². The van der Waals surface area contributed by atoms with Gasteiger partial charge in [-0.05, 0) is 24.5 Å². The first-order valence-corrected chi connectivity index (χ1v) is 7.53. The van der Waals surface area contributed by atoms with E-state index in [1.807, 2.05) is 26.1 Å². The molecule has 1 aromatic carbocycles. The van der Waals surface area contributed by atoms with E-state index >= 15 is 0 Å². The first-order valence-electron chi connectivity index (χ1n) is 7.53. The van der Waals surface area contributed by atoms with Crippen molar-refractivity contribution >= 4 is 16.8 Å². The summed E-state index contributed by atoms with van der Waals surface area (Å²) in [7, 11) is 2.05. The van der Waals surface area contributed by atoms with Gasteiger partial charge in [0.2, 0.25) is 5.91 Å². The van der Waals surface area contributed by atoms with Crippen molar-refractivity contribution < 1.29 is 4.79 Å². The molecule has 2 aromatic rings. The lowest BCUT2D eigenvalue weighted by Gasteiger charge is -2.15. The van der Waals surface area contributed by atoms with Crippen LogP contribution in [0.25, 0.3) is 10.9 Å². The first kappa shape index (κ1) is 15.6. The van der Waals surface area contributed by atoms with Crippen molar-refractivity contribution in [1.29, 1.82) is 0 Å². The van der Waals surface area contributed by atoms with Crippen LogP contribution in [0.1, 0.15) is 26.3 Å². The summed E-state index contributed by atoms with van der Waals surface area (Å²) in [6, 6.07) is 8.13. The number of nitrogens with one attached hydrogen (secondary N) is 2.